The molecule has 1 N–H and O–H groups in total. The lowest BCUT2D eigenvalue weighted by Gasteiger charge is -2.41. The maximum atomic E-state index is 14.0. The van der Waals surface area contributed by atoms with Crippen molar-refractivity contribution in [3.05, 3.63) is 53.8 Å². The maximum absolute atomic E-state index is 14.0. The first-order valence-electron chi connectivity index (χ1n) is 10.8. The monoisotopic (exact) mass is 438 g/mol. The van der Waals surface area contributed by atoms with Gasteiger partial charge in [0.1, 0.15) is 16.7 Å². The lowest BCUT2D eigenvalue weighted by atomic mass is 10.0. The average molecular weight is 439 g/mol. The number of likely N-dealkylation sites (N-methyl/N-ethyl adjacent to an activating group) is 1. The summed E-state index contributed by atoms with van der Waals surface area (Å²) in [7, 11) is 3.96. The highest BCUT2D eigenvalue weighted by Crippen LogP contribution is 2.43. The first kappa shape index (κ1) is 20.4. The Morgan fingerprint density at radius 3 is 2.97 bits per heavy atom. The Morgan fingerprint density at radius 1 is 1.23 bits per heavy atom. The molecule has 5 nitrogen and oxygen atoms in total. The molecular formula is C24H27FN4OS. The van der Waals surface area contributed by atoms with E-state index in [2.05, 4.69) is 46.4 Å². The highest BCUT2D eigenvalue weighted by molar-refractivity contribution is 7.23. The molecule has 3 heterocycles. The van der Waals surface area contributed by atoms with Gasteiger partial charge >= 0.3 is 0 Å². The molecule has 0 bridgehead atoms. The van der Waals surface area contributed by atoms with Gasteiger partial charge in [-0.3, -0.25) is 4.90 Å². The smallest absolute Gasteiger partial charge is 0.140 e. The number of aliphatic imine (C=N–C) groups is 1. The van der Waals surface area contributed by atoms with Gasteiger partial charge in [0, 0.05) is 49.5 Å². The third-order valence-electron chi connectivity index (χ3n) is 6.21. The number of ether oxygens (including phenoxy) is 1. The van der Waals surface area contributed by atoms with E-state index in [1.165, 1.54) is 22.2 Å². The second-order valence-electron chi connectivity index (χ2n) is 8.24. The van der Waals surface area contributed by atoms with Crippen molar-refractivity contribution in [3.63, 3.8) is 0 Å². The van der Waals surface area contributed by atoms with E-state index in [1.807, 2.05) is 0 Å². The minimum absolute atomic E-state index is 0.259. The number of nitrogens with zero attached hydrogens (tertiary/aromatic N) is 3. The van der Waals surface area contributed by atoms with Gasteiger partial charge in [-0.15, -0.1) is 11.3 Å². The quantitative estimate of drug-likeness (QED) is 0.567. The molecule has 162 valence electrons. The normalized spacial score (nSPS) is 18.9. The van der Waals surface area contributed by atoms with E-state index >= 15 is 0 Å². The molecule has 0 spiro atoms. The Kier molecular flexibility index (Phi) is 5.65. The summed E-state index contributed by atoms with van der Waals surface area (Å²) in [5.74, 6) is 0.723. The molecular weight excluding hydrogens is 411 g/mol. The van der Waals surface area contributed by atoms with E-state index in [4.69, 9.17) is 9.73 Å². The molecule has 0 radical (unpaired) electrons. The van der Waals surface area contributed by atoms with Crippen molar-refractivity contribution in [3.8, 4) is 0 Å². The molecule has 3 aromatic rings. The number of thiophene rings is 1. The molecule has 1 atom stereocenters. The van der Waals surface area contributed by atoms with Crippen molar-refractivity contribution in [2.24, 2.45) is 4.99 Å². The van der Waals surface area contributed by atoms with E-state index in [-0.39, 0.29) is 5.82 Å². The molecule has 2 aliphatic heterocycles. The summed E-state index contributed by atoms with van der Waals surface area (Å²) in [6.45, 7) is 3.60. The van der Waals surface area contributed by atoms with Gasteiger partial charge in [-0.25, -0.2) is 9.38 Å². The molecule has 1 saturated heterocycles. The van der Waals surface area contributed by atoms with Crippen LogP contribution in [-0.4, -0.2) is 62.1 Å². The molecule has 0 aliphatic carbocycles. The number of fused-ring (bicyclic) bond motifs is 4. The summed E-state index contributed by atoms with van der Waals surface area (Å²) in [5.41, 5.74) is 2.62. The van der Waals surface area contributed by atoms with Gasteiger partial charge in [0.25, 0.3) is 0 Å². The lowest BCUT2D eigenvalue weighted by Crippen LogP contribution is -2.53. The van der Waals surface area contributed by atoms with Crippen molar-refractivity contribution in [1.82, 2.24) is 9.80 Å². The highest BCUT2D eigenvalue weighted by atomic mass is 32.1. The number of amidine groups is 1. The van der Waals surface area contributed by atoms with Crippen LogP contribution in [0.3, 0.4) is 0 Å². The van der Waals surface area contributed by atoms with Crippen LogP contribution in [0, 0.1) is 5.82 Å². The first-order valence-corrected chi connectivity index (χ1v) is 11.6. The van der Waals surface area contributed by atoms with Crippen molar-refractivity contribution >= 4 is 43.6 Å². The fourth-order valence-electron chi connectivity index (χ4n) is 4.50. The third-order valence-corrected chi connectivity index (χ3v) is 7.30. The molecule has 5 rings (SSSR count). The van der Waals surface area contributed by atoms with E-state index in [0.29, 0.717) is 11.7 Å². The summed E-state index contributed by atoms with van der Waals surface area (Å²) in [4.78, 5) is 9.95. The zero-order valence-corrected chi connectivity index (χ0v) is 18.7. The van der Waals surface area contributed by atoms with Crippen LogP contribution in [0.4, 0.5) is 20.8 Å². The molecule has 2 aromatic carbocycles. The minimum atomic E-state index is -0.259. The van der Waals surface area contributed by atoms with Gasteiger partial charge in [0.2, 0.25) is 0 Å². The van der Waals surface area contributed by atoms with Gasteiger partial charge in [-0.05, 0) is 44.2 Å². The topological polar surface area (TPSA) is 40.1 Å². The molecule has 2 aliphatic rings. The summed E-state index contributed by atoms with van der Waals surface area (Å²) in [6.07, 6.45) is 2.13. The SMILES string of the molecule is COCCC[C@H]1CN(C2=Nc3ccc(F)cc3Nc3sc4ccccc4c32)CCN1C. The zero-order chi connectivity index (χ0) is 21.4. The van der Waals surface area contributed by atoms with E-state index in [1.54, 1.807) is 24.5 Å². The second-order valence-corrected chi connectivity index (χ2v) is 9.29. The van der Waals surface area contributed by atoms with Gasteiger partial charge in [0.15, 0.2) is 0 Å². The number of rotatable bonds is 4. The van der Waals surface area contributed by atoms with E-state index < -0.39 is 0 Å². The average Bonchev–Trinajstić information content (AvgIpc) is 3.04. The number of nitrogens with one attached hydrogen (secondary N) is 1. The molecule has 7 heteroatoms. The zero-order valence-electron chi connectivity index (χ0n) is 17.9. The van der Waals surface area contributed by atoms with Crippen LogP contribution >= 0.6 is 11.3 Å². The Balaban J connectivity index is 1.58. The summed E-state index contributed by atoms with van der Waals surface area (Å²) in [5, 5.41) is 5.69. The Morgan fingerprint density at radius 2 is 2.10 bits per heavy atom. The summed E-state index contributed by atoms with van der Waals surface area (Å²) < 4.78 is 20.5. The Bertz CT molecular complexity index is 1130. The fraction of sp³-hybridized carbons (Fsp3) is 0.375. The van der Waals surface area contributed by atoms with E-state index in [0.717, 1.165) is 61.2 Å². The fourth-order valence-corrected chi connectivity index (χ4v) is 5.61. The van der Waals surface area contributed by atoms with Gasteiger partial charge in [-0.2, -0.15) is 0 Å². The van der Waals surface area contributed by atoms with Crippen molar-refractivity contribution in [1.29, 1.82) is 0 Å². The largest absolute Gasteiger partial charge is 0.385 e. The number of anilines is 2. The van der Waals surface area contributed by atoms with Gasteiger partial charge in [0.05, 0.1) is 16.9 Å². The molecule has 0 saturated carbocycles. The van der Waals surface area contributed by atoms with Gasteiger partial charge < -0.3 is 15.0 Å². The predicted molar refractivity (Wildman–Crippen MR) is 127 cm³/mol. The number of halogens is 1. The number of methoxy groups -OCH3 is 1. The first-order chi connectivity index (χ1) is 15.1. The van der Waals surface area contributed by atoms with Crippen LogP contribution in [-0.2, 0) is 4.74 Å². The number of benzene rings is 2. The molecule has 1 fully saturated rings. The molecule has 1 aromatic heterocycles. The van der Waals surface area contributed by atoms with Crippen LogP contribution in [0.1, 0.15) is 18.4 Å². The van der Waals surface area contributed by atoms with Crippen LogP contribution in [0.2, 0.25) is 0 Å². The number of hydrogen-bond donors (Lipinski definition) is 1. The Labute approximate surface area is 186 Å². The molecule has 0 amide bonds. The van der Waals surface area contributed by atoms with Crippen LogP contribution in [0.25, 0.3) is 10.1 Å². The van der Waals surface area contributed by atoms with E-state index in [9.17, 15) is 4.39 Å². The molecule has 0 unspecified atom stereocenters. The highest BCUT2D eigenvalue weighted by Gasteiger charge is 2.31. The Hall–Kier alpha value is -2.48. The van der Waals surface area contributed by atoms with Gasteiger partial charge in [-0.1, -0.05) is 18.2 Å². The minimum Gasteiger partial charge on any atom is -0.385 e. The van der Waals surface area contributed by atoms with Crippen molar-refractivity contribution in [2.45, 2.75) is 18.9 Å². The van der Waals surface area contributed by atoms with Crippen LogP contribution in [0.5, 0.6) is 0 Å². The second kappa shape index (κ2) is 8.57. The number of hydrogen-bond acceptors (Lipinski definition) is 6. The third kappa shape index (κ3) is 3.93. The van der Waals surface area contributed by atoms with Crippen LogP contribution in [0.15, 0.2) is 47.5 Å². The standard InChI is InChI=1S/C24H27FN4OS/c1-28-11-12-29(15-17(28)6-5-13-30-2)23-22-18-7-3-4-8-21(18)31-24(22)27-20-14-16(25)9-10-19(20)26-23/h3-4,7-10,14,17,27H,5-6,11-13,15H2,1-2H3/t17-/m0/s1. The molecule has 31 heavy (non-hydrogen) atoms. The summed E-state index contributed by atoms with van der Waals surface area (Å²) >= 11 is 1.70. The number of piperazine rings is 1. The maximum Gasteiger partial charge on any atom is 0.140 e. The van der Waals surface area contributed by atoms with Crippen molar-refractivity contribution in [2.75, 3.05) is 45.7 Å². The lowest BCUT2D eigenvalue weighted by molar-refractivity contribution is 0.119. The van der Waals surface area contributed by atoms with Crippen molar-refractivity contribution < 1.29 is 9.13 Å². The summed E-state index contributed by atoms with van der Waals surface area (Å²) in [6, 6.07) is 13.7. The predicted octanol–water partition coefficient (Wildman–Crippen LogP) is 5.22. The van der Waals surface area contributed by atoms with Crippen LogP contribution < -0.4 is 5.32 Å².